The zero-order valence-corrected chi connectivity index (χ0v) is 10.7. The van der Waals surface area contributed by atoms with E-state index in [-0.39, 0.29) is 17.0 Å². The Labute approximate surface area is 107 Å². The standard InChI is InChI=1S/C15H21F2N/c16-13-5-6-14(17)12(9-13)10-15(11-18)7-3-1-2-4-8-15/h5-6,9H,1-4,7-8,10-11,18H2. The molecule has 0 spiro atoms. The van der Waals surface area contributed by atoms with Gasteiger partial charge in [0.05, 0.1) is 0 Å². The van der Waals surface area contributed by atoms with Gasteiger partial charge in [-0.05, 0) is 55.0 Å². The van der Waals surface area contributed by atoms with E-state index in [9.17, 15) is 8.78 Å². The van der Waals surface area contributed by atoms with Crippen LogP contribution in [0, 0.1) is 17.0 Å². The molecule has 0 saturated heterocycles. The smallest absolute Gasteiger partial charge is 0.126 e. The van der Waals surface area contributed by atoms with Crippen LogP contribution in [0.3, 0.4) is 0 Å². The van der Waals surface area contributed by atoms with Gasteiger partial charge in [0.1, 0.15) is 11.6 Å². The van der Waals surface area contributed by atoms with Gasteiger partial charge in [-0.15, -0.1) is 0 Å². The molecule has 2 rings (SSSR count). The molecule has 18 heavy (non-hydrogen) atoms. The van der Waals surface area contributed by atoms with Crippen LogP contribution >= 0.6 is 0 Å². The summed E-state index contributed by atoms with van der Waals surface area (Å²) in [6.07, 6.45) is 7.37. The van der Waals surface area contributed by atoms with Crippen molar-refractivity contribution in [3.63, 3.8) is 0 Å². The molecule has 0 unspecified atom stereocenters. The Morgan fingerprint density at radius 2 is 1.72 bits per heavy atom. The number of halogens is 2. The molecule has 0 aromatic heterocycles. The summed E-state index contributed by atoms with van der Waals surface area (Å²) in [5.74, 6) is -0.680. The Morgan fingerprint density at radius 3 is 2.33 bits per heavy atom. The molecule has 1 aliphatic rings. The number of benzene rings is 1. The quantitative estimate of drug-likeness (QED) is 0.814. The van der Waals surface area contributed by atoms with E-state index in [0.717, 1.165) is 25.7 Å². The second-order valence-electron chi connectivity index (χ2n) is 5.53. The largest absolute Gasteiger partial charge is 0.330 e. The Bertz CT molecular complexity index is 395. The maximum Gasteiger partial charge on any atom is 0.126 e. The fourth-order valence-electron chi connectivity index (χ4n) is 3.01. The summed E-state index contributed by atoms with van der Waals surface area (Å²) in [6, 6.07) is 3.70. The van der Waals surface area contributed by atoms with Gasteiger partial charge in [0.15, 0.2) is 0 Å². The third kappa shape index (κ3) is 3.08. The first-order chi connectivity index (χ1) is 8.65. The molecule has 0 radical (unpaired) electrons. The average Bonchev–Trinajstić information content (AvgIpc) is 2.60. The third-order valence-electron chi connectivity index (χ3n) is 4.17. The molecule has 2 N–H and O–H groups in total. The van der Waals surface area contributed by atoms with E-state index >= 15 is 0 Å². The van der Waals surface area contributed by atoms with Crippen LogP contribution in [-0.4, -0.2) is 6.54 Å². The van der Waals surface area contributed by atoms with Gasteiger partial charge in [0, 0.05) is 0 Å². The first-order valence-corrected chi connectivity index (χ1v) is 6.79. The minimum Gasteiger partial charge on any atom is -0.330 e. The highest BCUT2D eigenvalue weighted by Crippen LogP contribution is 2.37. The van der Waals surface area contributed by atoms with E-state index in [4.69, 9.17) is 5.73 Å². The van der Waals surface area contributed by atoms with Crippen molar-refractivity contribution in [3.05, 3.63) is 35.4 Å². The molecule has 0 atom stereocenters. The highest BCUT2D eigenvalue weighted by Gasteiger charge is 2.30. The number of rotatable bonds is 3. The van der Waals surface area contributed by atoms with Crippen LogP contribution in [0.15, 0.2) is 18.2 Å². The molecule has 1 fully saturated rings. The van der Waals surface area contributed by atoms with Crippen molar-refractivity contribution in [1.29, 1.82) is 0 Å². The predicted molar refractivity (Wildman–Crippen MR) is 69.3 cm³/mol. The molecule has 1 nitrogen and oxygen atoms in total. The summed E-state index contributed by atoms with van der Waals surface area (Å²) >= 11 is 0. The fourth-order valence-corrected chi connectivity index (χ4v) is 3.01. The van der Waals surface area contributed by atoms with E-state index < -0.39 is 0 Å². The summed E-state index contributed by atoms with van der Waals surface area (Å²) in [5.41, 5.74) is 6.37. The number of hydrogen-bond donors (Lipinski definition) is 1. The minimum atomic E-state index is -0.368. The maximum absolute atomic E-state index is 13.7. The Morgan fingerprint density at radius 1 is 1.06 bits per heavy atom. The maximum atomic E-state index is 13.7. The molecule has 0 bridgehead atoms. The molecule has 1 aromatic carbocycles. The van der Waals surface area contributed by atoms with Gasteiger partial charge in [-0.25, -0.2) is 8.78 Å². The fraction of sp³-hybridized carbons (Fsp3) is 0.600. The summed E-state index contributed by atoms with van der Waals surface area (Å²) in [5, 5.41) is 0. The number of hydrogen-bond acceptors (Lipinski definition) is 1. The van der Waals surface area contributed by atoms with Crippen molar-refractivity contribution in [2.45, 2.75) is 44.9 Å². The van der Waals surface area contributed by atoms with Gasteiger partial charge in [0.25, 0.3) is 0 Å². The average molecular weight is 253 g/mol. The highest BCUT2D eigenvalue weighted by atomic mass is 19.1. The molecular weight excluding hydrogens is 232 g/mol. The SMILES string of the molecule is NCC1(Cc2cc(F)ccc2F)CCCCCC1. The second-order valence-corrected chi connectivity index (χ2v) is 5.53. The van der Waals surface area contributed by atoms with Crippen molar-refractivity contribution in [3.8, 4) is 0 Å². The Kier molecular flexibility index (Phi) is 4.33. The van der Waals surface area contributed by atoms with Crippen LogP contribution in [0.5, 0.6) is 0 Å². The summed E-state index contributed by atoms with van der Waals surface area (Å²) in [7, 11) is 0. The van der Waals surface area contributed by atoms with Crippen LogP contribution < -0.4 is 5.73 Å². The van der Waals surface area contributed by atoms with Crippen LogP contribution in [0.2, 0.25) is 0 Å². The second kappa shape index (κ2) is 5.79. The molecule has 1 saturated carbocycles. The van der Waals surface area contributed by atoms with Crippen molar-refractivity contribution in [2.75, 3.05) is 6.54 Å². The first-order valence-electron chi connectivity index (χ1n) is 6.79. The molecule has 1 aliphatic carbocycles. The van der Waals surface area contributed by atoms with Gasteiger partial charge < -0.3 is 5.73 Å². The molecule has 100 valence electrons. The van der Waals surface area contributed by atoms with E-state index in [1.54, 1.807) is 0 Å². The van der Waals surface area contributed by atoms with E-state index in [0.29, 0.717) is 18.5 Å². The van der Waals surface area contributed by atoms with Crippen molar-refractivity contribution in [2.24, 2.45) is 11.1 Å². The lowest BCUT2D eigenvalue weighted by atomic mass is 9.75. The normalized spacial score (nSPS) is 19.5. The van der Waals surface area contributed by atoms with E-state index in [1.807, 2.05) is 0 Å². The van der Waals surface area contributed by atoms with E-state index in [2.05, 4.69) is 0 Å². The van der Waals surface area contributed by atoms with Crippen molar-refractivity contribution < 1.29 is 8.78 Å². The van der Waals surface area contributed by atoms with Crippen molar-refractivity contribution in [1.82, 2.24) is 0 Å². The van der Waals surface area contributed by atoms with Crippen LogP contribution in [0.4, 0.5) is 8.78 Å². The molecule has 0 aliphatic heterocycles. The van der Waals surface area contributed by atoms with Gasteiger partial charge >= 0.3 is 0 Å². The zero-order chi connectivity index (χ0) is 13.0. The number of nitrogens with two attached hydrogens (primary N) is 1. The van der Waals surface area contributed by atoms with Crippen LogP contribution in [0.25, 0.3) is 0 Å². The van der Waals surface area contributed by atoms with Crippen LogP contribution in [-0.2, 0) is 6.42 Å². The lowest BCUT2D eigenvalue weighted by molar-refractivity contribution is 0.249. The lowest BCUT2D eigenvalue weighted by Gasteiger charge is -2.31. The summed E-state index contributed by atoms with van der Waals surface area (Å²) in [6.45, 7) is 0.558. The van der Waals surface area contributed by atoms with Gasteiger partial charge in [-0.3, -0.25) is 0 Å². The monoisotopic (exact) mass is 253 g/mol. The first kappa shape index (κ1) is 13.5. The summed E-state index contributed by atoms with van der Waals surface area (Å²) in [4.78, 5) is 0. The summed E-state index contributed by atoms with van der Waals surface area (Å²) < 4.78 is 26.9. The topological polar surface area (TPSA) is 26.0 Å². The van der Waals surface area contributed by atoms with Crippen molar-refractivity contribution >= 4 is 0 Å². The van der Waals surface area contributed by atoms with Gasteiger partial charge in [-0.1, -0.05) is 25.7 Å². The molecule has 0 heterocycles. The van der Waals surface area contributed by atoms with Gasteiger partial charge in [-0.2, -0.15) is 0 Å². The van der Waals surface area contributed by atoms with Crippen LogP contribution in [0.1, 0.15) is 44.1 Å². The zero-order valence-electron chi connectivity index (χ0n) is 10.7. The predicted octanol–water partition coefficient (Wildman–Crippen LogP) is 3.81. The van der Waals surface area contributed by atoms with E-state index in [1.165, 1.54) is 31.0 Å². The lowest BCUT2D eigenvalue weighted by Crippen LogP contribution is -2.32. The minimum absolute atomic E-state index is 0.0366. The Balaban J connectivity index is 2.20. The molecule has 3 heteroatoms. The Hall–Kier alpha value is -0.960. The highest BCUT2D eigenvalue weighted by molar-refractivity contribution is 5.20. The molecular formula is C15H21F2N. The third-order valence-corrected chi connectivity index (χ3v) is 4.17. The van der Waals surface area contributed by atoms with Gasteiger partial charge in [0.2, 0.25) is 0 Å². The molecule has 0 amide bonds. The molecule has 1 aromatic rings.